The van der Waals surface area contributed by atoms with Crippen LogP contribution in [0.15, 0.2) is 24.3 Å². The Morgan fingerprint density at radius 3 is 2.57 bits per heavy atom. The fraction of sp³-hybridized carbons (Fsp3) is 0.611. The number of carbonyl (C=O) groups is 1. The van der Waals surface area contributed by atoms with Crippen LogP contribution < -0.4 is 5.32 Å². The third kappa shape index (κ3) is 6.13. The van der Waals surface area contributed by atoms with Crippen LogP contribution in [0.5, 0.6) is 0 Å². The molecule has 1 fully saturated rings. The SMILES string of the molecule is CC(C)[C@@H](NC(=O)CCOC1CCOCC1)c1ccc(Cl)cc1. The van der Waals surface area contributed by atoms with Crippen molar-refractivity contribution in [1.82, 2.24) is 5.32 Å². The summed E-state index contributed by atoms with van der Waals surface area (Å²) in [4.78, 5) is 12.2. The molecule has 2 rings (SSSR count). The minimum Gasteiger partial charge on any atom is -0.381 e. The number of amides is 1. The topological polar surface area (TPSA) is 47.6 Å². The molecule has 0 unspecified atom stereocenters. The molecule has 5 heteroatoms. The number of rotatable bonds is 7. The van der Waals surface area contributed by atoms with Gasteiger partial charge in [0.25, 0.3) is 0 Å². The summed E-state index contributed by atoms with van der Waals surface area (Å²) in [6, 6.07) is 7.62. The summed E-state index contributed by atoms with van der Waals surface area (Å²) < 4.78 is 11.1. The van der Waals surface area contributed by atoms with Gasteiger partial charge in [0, 0.05) is 24.7 Å². The molecule has 0 radical (unpaired) electrons. The smallest absolute Gasteiger partial charge is 0.222 e. The van der Waals surface area contributed by atoms with Crippen LogP contribution in [0.3, 0.4) is 0 Å². The summed E-state index contributed by atoms with van der Waals surface area (Å²) >= 11 is 5.93. The van der Waals surface area contributed by atoms with Crippen molar-refractivity contribution < 1.29 is 14.3 Å². The molecule has 1 aromatic rings. The van der Waals surface area contributed by atoms with Gasteiger partial charge in [0.2, 0.25) is 5.91 Å². The fourth-order valence-corrected chi connectivity index (χ4v) is 2.84. The van der Waals surface area contributed by atoms with Gasteiger partial charge in [-0.05, 0) is 36.5 Å². The molecule has 23 heavy (non-hydrogen) atoms. The summed E-state index contributed by atoms with van der Waals surface area (Å²) in [5, 5.41) is 3.80. The van der Waals surface area contributed by atoms with Crippen LogP contribution in [0, 0.1) is 5.92 Å². The lowest BCUT2D eigenvalue weighted by Gasteiger charge is -2.24. The number of halogens is 1. The molecule has 1 aliphatic heterocycles. The van der Waals surface area contributed by atoms with Gasteiger partial charge in [0.1, 0.15) is 0 Å². The standard InChI is InChI=1S/C18H26ClNO3/c1-13(2)18(14-3-5-15(19)6-4-14)20-17(21)9-12-23-16-7-10-22-11-8-16/h3-6,13,16,18H,7-12H2,1-2H3,(H,20,21)/t18-/m1/s1. The molecule has 1 aliphatic rings. The Balaban J connectivity index is 1.79. The number of hydrogen-bond donors (Lipinski definition) is 1. The van der Waals surface area contributed by atoms with Crippen molar-refractivity contribution in [1.29, 1.82) is 0 Å². The highest BCUT2D eigenvalue weighted by Gasteiger charge is 2.19. The first kappa shape index (κ1) is 18.2. The van der Waals surface area contributed by atoms with Gasteiger partial charge in [0.05, 0.1) is 18.8 Å². The summed E-state index contributed by atoms with van der Waals surface area (Å²) in [7, 11) is 0. The molecule has 1 aromatic carbocycles. The average molecular weight is 340 g/mol. The molecule has 1 N–H and O–H groups in total. The van der Waals surface area contributed by atoms with E-state index in [1.807, 2.05) is 24.3 Å². The van der Waals surface area contributed by atoms with Gasteiger partial charge in [-0.25, -0.2) is 0 Å². The van der Waals surface area contributed by atoms with Gasteiger partial charge < -0.3 is 14.8 Å². The number of benzene rings is 1. The van der Waals surface area contributed by atoms with Gasteiger partial charge in [-0.3, -0.25) is 4.79 Å². The van der Waals surface area contributed by atoms with Crippen molar-refractivity contribution in [3.63, 3.8) is 0 Å². The molecule has 1 amide bonds. The first-order chi connectivity index (χ1) is 11.1. The molecule has 128 valence electrons. The van der Waals surface area contributed by atoms with Gasteiger partial charge in [-0.15, -0.1) is 0 Å². The molecule has 0 spiro atoms. The Morgan fingerprint density at radius 2 is 1.96 bits per heavy atom. The molecule has 4 nitrogen and oxygen atoms in total. The van der Waals surface area contributed by atoms with E-state index in [2.05, 4.69) is 19.2 Å². The summed E-state index contributed by atoms with van der Waals surface area (Å²) in [5.41, 5.74) is 1.07. The lowest BCUT2D eigenvalue weighted by molar-refractivity contribution is -0.124. The number of ether oxygens (including phenoxy) is 2. The Hall–Kier alpha value is -1.10. The zero-order chi connectivity index (χ0) is 16.7. The second kappa shape index (κ2) is 9.26. The van der Waals surface area contributed by atoms with Crippen molar-refractivity contribution >= 4 is 17.5 Å². The van der Waals surface area contributed by atoms with Crippen LogP contribution in [0.4, 0.5) is 0 Å². The van der Waals surface area contributed by atoms with E-state index in [9.17, 15) is 4.79 Å². The molecule has 1 saturated heterocycles. The minimum atomic E-state index is -0.0113. The van der Waals surface area contributed by atoms with Crippen molar-refractivity contribution in [3.8, 4) is 0 Å². The van der Waals surface area contributed by atoms with Gasteiger partial charge in [-0.1, -0.05) is 37.6 Å². The van der Waals surface area contributed by atoms with E-state index in [1.165, 1.54) is 0 Å². The zero-order valence-electron chi connectivity index (χ0n) is 13.9. The zero-order valence-corrected chi connectivity index (χ0v) is 14.6. The Labute approximate surface area is 143 Å². The van der Waals surface area contributed by atoms with E-state index in [-0.39, 0.29) is 18.1 Å². The van der Waals surface area contributed by atoms with Crippen molar-refractivity contribution in [3.05, 3.63) is 34.9 Å². The lowest BCUT2D eigenvalue weighted by atomic mass is 9.96. The fourth-order valence-electron chi connectivity index (χ4n) is 2.71. The highest BCUT2D eigenvalue weighted by atomic mass is 35.5. The number of carbonyl (C=O) groups excluding carboxylic acids is 1. The quantitative estimate of drug-likeness (QED) is 0.823. The summed E-state index contributed by atoms with van der Waals surface area (Å²) in [6.07, 6.45) is 2.45. The largest absolute Gasteiger partial charge is 0.381 e. The highest BCUT2D eigenvalue weighted by Crippen LogP contribution is 2.23. The van der Waals surface area contributed by atoms with Crippen molar-refractivity contribution in [2.24, 2.45) is 5.92 Å². The Bertz CT molecular complexity index is 484. The monoisotopic (exact) mass is 339 g/mol. The van der Waals surface area contributed by atoms with E-state index in [0.29, 0.717) is 24.0 Å². The van der Waals surface area contributed by atoms with Crippen LogP contribution in [0.25, 0.3) is 0 Å². The molecule has 0 bridgehead atoms. The molecule has 1 heterocycles. The molecule has 0 saturated carbocycles. The third-order valence-electron chi connectivity index (χ3n) is 4.06. The van der Waals surface area contributed by atoms with Gasteiger partial charge >= 0.3 is 0 Å². The lowest BCUT2D eigenvalue weighted by Crippen LogP contribution is -2.33. The van der Waals surface area contributed by atoms with Gasteiger partial charge in [0.15, 0.2) is 0 Å². The Kier molecular flexibility index (Phi) is 7.34. The van der Waals surface area contributed by atoms with E-state index >= 15 is 0 Å². The second-order valence-electron chi connectivity index (χ2n) is 6.27. The van der Waals surface area contributed by atoms with Crippen LogP contribution in [0.2, 0.25) is 5.02 Å². The molecule has 0 aromatic heterocycles. The minimum absolute atomic E-state index is 0.0113. The van der Waals surface area contributed by atoms with Crippen LogP contribution >= 0.6 is 11.6 Å². The van der Waals surface area contributed by atoms with Crippen molar-refractivity contribution in [2.45, 2.75) is 45.3 Å². The normalized spacial score (nSPS) is 17.2. The maximum absolute atomic E-state index is 12.2. The van der Waals surface area contributed by atoms with Crippen molar-refractivity contribution in [2.75, 3.05) is 19.8 Å². The summed E-state index contributed by atoms with van der Waals surface area (Å²) in [5.74, 6) is 0.322. The average Bonchev–Trinajstić information content (AvgIpc) is 2.54. The van der Waals surface area contributed by atoms with Crippen LogP contribution in [-0.4, -0.2) is 31.8 Å². The van der Waals surface area contributed by atoms with Gasteiger partial charge in [-0.2, -0.15) is 0 Å². The van der Waals surface area contributed by atoms with E-state index in [0.717, 1.165) is 31.6 Å². The van der Waals surface area contributed by atoms with E-state index in [4.69, 9.17) is 21.1 Å². The maximum Gasteiger partial charge on any atom is 0.222 e. The third-order valence-corrected chi connectivity index (χ3v) is 4.32. The molecular weight excluding hydrogens is 314 g/mol. The first-order valence-electron chi connectivity index (χ1n) is 8.30. The second-order valence-corrected chi connectivity index (χ2v) is 6.71. The maximum atomic E-state index is 12.2. The Morgan fingerprint density at radius 1 is 1.30 bits per heavy atom. The first-order valence-corrected chi connectivity index (χ1v) is 8.68. The molecular formula is C18H26ClNO3. The van der Waals surface area contributed by atoms with E-state index in [1.54, 1.807) is 0 Å². The van der Waals surface area contributed by atoms with Crippen LogP contribution in [0.1, 0.15) is 44.7 Å². The van der Waals surface area contributed by atoms with Crippen LogP contribution in [-0.2, 0) is 14.3 Å². The number of hydrogen-bond acceptors (Lipinski definition) is 3. The van der Waals surface area contributed by atoms with E-state index < -0.39 is 0 Å². The number of nitrogens with one attached hydrogen (secondary N) is 1. The predicted molar refractivity (Wildman–Crippen MR) is 91.6 cm³/mol. The molecule has 0 aliphatic carbocycles. The summed E-state index contributed by atoms with van der Waals surface area (Å²) in [6.45, 7) is 6.16. The highest BCUT2D eigenvalue weighted by molar-refractivity contribution is 6.30. The molecule has 1 atom stereocenters. The predicted octanol–water partition coefficient (Wildman–Crippen LogP) is 3.74.